The van der Waals surface area contributed by atoms with Gasteiger partial charge in [0.2, 0.25) is 11.8 Å². The molecule has 0 saturated carbocycles. The Labute approximate surface area is 169 Å². The van der Waals surface area contributed by atoms with Crippen molar-refractivity contribution in [2.45, 2.75) is 51.1 Å². The van der Waals surface area contributed by atoms with Crippen LogP contribution in [0, 0.1) is 6.92 Å². The lowest BCUT2D eigenvalue weighted by Crippen LogP contribution is -2.41. The molecule has 2 aliphatic heterocycles. The monoisotopic (exact) mass is 398 g/mol. The number of anilines is 1. The average Bonchev–Trinajstić information content (AvgIpc) is 3.31. The summed E-state index contributed by atoms with van der Waals surface area (Å²) in [6.07, 6.45) is 5.08. The van der Waals surface area contributed by atoms with Gasteiger partial charge >= 0.3 is 0 Å². The van der Waals surface area contributed by atoms with E-state index in [0.717, 1.165) is 31.5 Å². The number of nitrogens with one attached hydrogen (secondary N) is 2. The van der Waals surface area contributed by atoms with Crippen molar-refractivity contribution in [3.63, 3.8) is 0 Å². The number of carbonyl (C=O) groups excluding carboxylic acids is 2. The summed E-state index contributed by atoms with van der Waals surface area (Å²) in [4.78, 5) is 32.5. The van der Waals surface area contributed by atoms with Gasteiger partial charge in [-0.15, -0.1) is 11.3 Å². The smallest absolute Gasteiger partial charge is 0.248 e. The van der Waals surface area contributed by atoms with E-state index in [2.05, 4.69) is 15.6 Å². The fourth-order valence-corrected chi connectivity index (χ4v) is 4.91. The largest absolute Gasteiger partial charge is 0.326 e. The lowest BCUT2D eigenvalue weighted by atomic mass is 9.97. The van der Waals surface area contributed by atoms with E-state index in [4.69, 9.17) is 0 Å². The van der Waals surface area contributed by atoms with Crippen molar-refractivity contribution in [1.29, 1.82) is 0 Å². The highest BCUT2D eigenvalue weighted by atomic mass is 32.1. The molecule has 2 saturated heterocycles. The fraction of sp³-hybridized carbons (Fsp3) is 0.476. The molecule has 0 radical (unpaired) electrons. The molecule has 2 aromatic rings. The molecule has 2 amide bonds. The topological polar surface area (TPSA) is 74.3 Å². The summed E-state index contributed by atoms with van der Waals surface area (Å²) in [6, 6.07) is 7.66. The zero-order valence-corrected chi connectivity index (χ0v) is 16.9. The van der Waals surface area contributed by atoms with E-state index in [-0.39, 0.29) is 11.8 Å². The molecule has 1 aromatic heterocycles. The molecule has 3 heterocycles. The average molecular weight is 399 g/mol. The van der Waals surface area contributed by atoms with Gasteiger partial charge in [0.1, 0.15) is 6.04 Å². The van der Waals surface area contributed by atoms with E-state index in [0.29, 0.717) is 30.4 Å². The van der Waals surface area contributed by atoms with Gasteiger partial charge in [0.05, 0.1) is 0 Å². The maximum Gasteiger partial charge on any atom is 0.248 e. The predicted molar refractivity (Wildman–Crippen MR) is 110 cm³/mol. The molecule has 7 heteroatoms. The molecule has 1 atom stereocenters. The van der Waals surface area contributed by atoms with Gasteiger partial charge in [-0.05, 0) is 50.8 Å². The van der Waals surface area contributed by atoms with Crippen molar-refractivity contribution in [1.82, 2.24) is 15.2 Å². The molecule has 2 aliphatic rings. The third-order valence-corrected chi connectivity index (χ3v) is 6.67. The van der Waals surface area contributed by atoms with Gasteiger partial charge < -0.3 is 15.5 Å². The number of benzene rings is 1. The van der Waals surface area contributed by atoms with E-state index in [1.807, 2.05) is 37.4 Å². The van der Waals surface area contributed by atoms with Gasteiger partial charge in [-0.1, -0.05) is 29.8 Å². The molecule has 1 unspecified atom stereocenters. The van der Waals surface area contributed by atoms with Crippen molar-refractivity contribution in [3.05, 3.63) is 46.5 Å². The summed E-state index contributed by atoms with van der Waals surface area (Å²) < 4.78 is 0. The first kappa shape index (κ1) is 19.1. The Morgan fingerprint density at radius 3 is 2.75 bits per heavy atom. The van der Waals surface area contributed by atoms with Gasteiger partial charge in [-0.3, -0.25) is 9.59 Å². The number of hydrogen-bond acceptors (Lipinski definition) is 5. The van der Waals surface area contributed by atoms with Crippen LogP contribution in [0.3, 0.4) is 0 Å². The van der Waals surface area contributed by atoms with Crippen molar-refractivity contribution >= 4 is 28.3 Å². The Kier molecular flexibility index (Phi) is 5.73. The van der Waals surface area contributed by atoms with Gasteiger partial charge in [-0.2, -0.15) is 0 Å². The molecule has 2 N–H and O–H groups in total. The predicted octanol–water partition coefficient (Wildman–Crippen LogP) is 3.05. The first-order valence-corrected chi connectivity index (χ1v) is 10.7. The van der Waals surface area contributed by atoms with Crippen LogP contribution in [0.5, 0.6) is 0 Å². The van der Waals surface area contributed by atoms with Crippen LogP contribution in [-0.4, -0.2) is 40.8 Å². The molecule has 1 aromatic carbocycles. The molecule has 6 nitrogen and oxygen atoms in total. The molecular formula is C21H26N4O2S. The Hall–Kier alpha value is -2.25. The van der Waals surface area contributed by atoms with E-state index in [9.17, 15) is 9.59 Å². The zero-order chi connectivity index (χ0) is 19.5. The fourth-order valence-electron chi connectivity index (χ4n) is 3.92. The second-order valence-corrected chi connectivity index (χ2v) is 8.71. The van der Waals surface area contributed by atoms with Crippen LogP contribution < -0.4 is 10.6 Å². The number of piperidine rings is 1. The normalized spacial score (nSPS) is 20.5. The van der Waals surface area contributed by atoms with Crippen LogP contribution in [0.2, 0.25) is 0 Å². The summed E-state index contributed by atoms with van der Waals surface area (Å²) in [5.41, 5.74) is 2.22. The first-order valence-electron chi connectivity index (χ1n) is 9.92. The number of nitrogens with zero attached hydrogens (tertiary/aromatic N) is 2. The Morgan fingerprint density at radius 2 is 2.00 bits per heavy atom. The SMILES string of the molecule is Cc1ccc(CN2C(=O)CCC2C(=O)Nc2ncc(C3CCNCC3)s2)cc1. The lowest BCUT2D eigenvalue weighted by Gasteiger charge is -2.24. The highest BCUT2D eigenvalue weighted by molar-refractivity contribution is 7.15. The van der Waals surface area contributed by atoms with Crippen molar-refractivity contribution < 1.29 is 9.59 Å². The third kappa shape index (κ3) is 4.25. The van der Waals surface area contributed by atoms with E-state index in [1.165, 1.54) is 10.4 Å². The summed E-state index contributed by atoms with van der Waals surface area (Å²) in [5, 5.41) is 6.95. The summed E-state index contributed by atoms with van der Waals surface area (Å²) in [6.45, 7) is 4.56. The van der Waals surface area contributed by atoms with Gasteiger partial charge in [0.15, 0.2) is 5.13 Å². The van der Waals surface area contributed by atoms with Crippen LogP contribution in [0.15, 0.2) is 30.5 Å². The number of rotatable bonds is 5. The Morgan fingerprint density at radius 1 is 1.25 bits per heavy atom. The lowest BCUT2D eigenvalue weighted by molar-refractivity contribution is -0.133. The number of aromatic nitrogens is 1. The molecule has 2 fully saturated rings. The number of carbonyl (C=O) groups is 2. The molecule has 148 valence electrons. The van der Waals surface area contributed by atoms with Crippen LogP contribution >= 0.6 is 11.3 Å². The second-order valence-electron chi connectivity index (χ2n) is 7.64. The minimum atomic E-state index is -0.431. The molecule has 4 rings (SSSR count). The van der Waals surface area contributed by atoms with Gasteiger partial charge in [0.25, 0.3) is 0 Å². The van der Waals surface area contributed by atoms with Crippen molar-refractivity contribution in [2.75, 3.05) is 18.4 Å². The van der Waals surface area contributed by atoms with Crippen LogP contribution in [0.25, 0.3) is 0 Å². The quantitative estimate of drug-likeness (QED) is 0.812. The number of amides is 2. The summed E-state index contributed by atoms with van der Waals surface area (Å²) >= 11 is 1.56. The Bertz CT molecular complexity index is 842. The Balaban J connectivity index is 1.41. The van der Waals surface area contributed by atoms with Crippen molar-refractivity contribution in [3.8, 4) is 0 Å². The van der Waals surface area contributed by atoms with Crippen LogP contribution in [0.4, 0.5) is 5.13 Å². The minimum absolute atomic E-state index is 0.0373. The van der Waals surface area contributed by atoms with Crippen LogP contribution in [0.1, 0.15) is 47.6 Å². The summed E-state index contributed by atoms with van der Waals surface area (Å²) in [5.74, 6) is 0.426. The third-order valence-electron chi connectivity index (χ3n) is 5.60. The summed E-state index contributed by atoms with van der Waals surface area (Å²) in [7, 11) is 0. The molecule has 28 heavy (non-hydrogen) atoms. The number of thiazole rings is 1. The second kappa shape index (κ2) is 8.41. The van der Waals surface area contributed by atoms with Gasteiger partial charge in [-0.25, -0.2) is 4.98 Å². The maximum absolute atomic E-state index is 12.9. The highest BCUT2D eigenvalue weighted by Gasteiger charge is 2.36. The number of aryl methyl sites for hydroxylation is 1. The van der Waals surface area contributed by atoms with Crippen LogP contribution in [-0.2, 0) is 16.1 Å². The first-order chi connectivity index (χ1) is 13.6. The zero-order valence-electron chi connectivity index (χ0n) is 16.1. The highest BCUT2D eigenvalue weighted by Crippen LogP contribution is 2.32. The van der Waals surface area contributed by atoms with Gasteiger partial charge in [0, 0.05) is 24.0 Å². The minimum Gasteiger partial charge on any atom is -0.326 e. The molecule has 0 aliphatic carbocycles. The van der Waals surface area contributed by atoms with E-state index < -0.39 is 6.04 Å². The van der Waals surface area contributed by atoms with E-state index >= 15 is 0 Å². The maximum atomic E-state index is 12.9. The molecule has 0 spiro atoms. The molecule has 0 bridgehead atoms. The van der Waals surface area contributed by atoms with Crippen molar-refractivity contribution in [2.24, 2.45) is 0 Å². The standard InChI is InChI=1S/C21H26N4O2S/c1-14-2-4-15(5-3-14)13-25-17(6-7-19(25)26)20(27)24-21-23-12-18(28-21)16-8-10-22-11-9-16/h2-5,12,16-17,22H,6-11,13H2,1H3,(H,23,24,27). The number of hydrogen-bond donors (Lipinski definition) is 2. The molecular weight excluding hydrogens is 372 g/mol. The number of likely N-dealkylation sites (tertiary alicyclic amines) is 1. The van der Waals surface area contributed by atoms with E-state index in [1.54, 1.807) is 16.2 Å².